The van der Waals surface area contributed by atoms with Gasteiger partial charge in [-0.05, 0) is 42.3 Å². The lowest BCUT2D eigenvalue weighted by Crippen LogP contribution is -2.48. The molecule has 0 radical (unpaired) electrons. The van der Waals surface area contributed by atoms with E-state index in [4.69, 9.17) is 5.11 Å². The maximum Gasteiger partial charge on any atom is 0.335 e. The number of hydrogen-bond donors (Lipinski definition) is 1. The number of carboxylic acids is 1. The largest absolute Gasteiger partial charge is 0.478 e. The molecule has 1 amide bonds. The van der Waals surface area contributed by atoms with E-state index in [0.29, 0.717) is 43.9 Å². The van der Waals surface area contributed by atoms with Crippen molar-refractivity contribution in [2.75, 3.05) is 26.2 Å². The van der Waals surface area contributed by atoms with Crippen molar-refractivity contribution < 1.29 is 19.1 Å². The minimum atomic E-state index is -0.937. The zero-order chi connectivity index (χ0) is 18.7. The van der Waals surface area contributed by atoms with Crippen molar-refractivity contribution in [3.8, 4) is 0 Å². The Morgan fingerprint density at radius 1 is 1.04 bits per heavy atom. The summed E-state index contributed by atoms with van der Waals surface area (Å²) in [6.45, 7) is 4.82. The lowest BCUT2D eigenvalue weighted by atomic mass is 10.1. The first-order valence-corrected chi connectivity index (χ1v) is 8.54. The Kier molecular flexibility index (Phi) is 5.32. The van der Waals surface area contributed by atoms with Crippen molar-refractivity contribution in [3.05, 3.63) is 70.5 Å². The minimum Gasteiger partial charge on any atom is -0.478 e. The first-order valence-electron chi connectivity index (χ1n) is 8.54. The number of carboxylic acid groups (broad SMARTS) is 1. The number of piperazine rings is 1. The third-order valence-electron chi connectivity index (χ3n) is 4.66. The van der Waals surface area contributed by atoms with Gasteiger partial charge in [0.1, 0.15) is 5.82 Å². The summed E-state index contributed by atoms with van der Waals surface area (Å²) in [5, 5.41) is 9.07. The molecule has 0 spiro atoms. The maximum absolute atomic E-state index is 13.7. The Bertz CT molecular complexity index is 830. The summed E-state index contributed by atoms with van der Waals surface area (Å²) >= 11 is 0. The topological polar surface area (TPSA) is 60.9 Å². The normalized spacial score (nSPS) is 15.1. The summed E-state index contributed by atoms with van der Waals surface area (Å²) in [4.78, 5) is 27.5. The Balaban J connectivity index is 1.58. The second-order valence-electron chi connectivity index (χ2n) is 6.54. The van der Waals surface area contributed by atoms with Crippen LogP contribution in [0.1, 0.15) is 31.8 Å². The highest BCUT2D eigenvalue weighted by molar-refractivity contribution is 5.94. The van der Waals surface area contributed by atoms with Crippen molar-refractivity contribution in [1.29, 1.82) is 0 Å². The molecule has 1 aliphatic heterocycles. The molecule has 6 heteroatoms. The third kappa shape index (κ3) is 4.08. The molecule has 1 fully saturated rings. The van der Waals surface area contributed by atoms with Gasteiger partial charge in [0.05, 0.1) is 5.56 Å². The van der Waals surface area contributed by atoms with Crippen LogP contribution in [0.15, 0.2) is 42.5 Å². The molecular formula is C20H21FN2O3. The lowest BCUT2D eigenvalue weighted by molar-refractivity contribution is 0.0625. The summed E-state index contributed by atoms with van der Waals surface area (Å²) in [6, 6.07) is 11.5. The molecule has 0 bridgehead atoms. The van der Waals surface area contributed by atoms with E-state index in [1.165, 1.54) is 6.07 Å². The number of halogens is 1. The van der Waals surface area contributed by atoms with E-state index in [2.05, 4.69) is 4.90 Å². The van der Waals surface area contributed by atoms with E-state index in [9.17, 15) is 14.0 Å². The monoisotopic (exact) mass is 356 g/mol. The Morgan fingerprint density at radius 3 is 2.42 bits per heavy atom. The summed E-state index contributed by atoms with van der Waals surface area (Å²) in [5.74, 6) is -1.46. The molecule has 0 saturated carbocycles. The summed E-state index contributed by atoms with van der Waals surface area (Å²) in [7, 11) is 0. The molecule has 0 unspecified atom stereocenters. The number of benzene rings is 2. The van der Waals surface area contributed by atoms with Crippen LogP contribution >= 0.6 is 0 Å². The smallest absolute Gasteiger partial charge is 0.335 e. The van der Waals surface area contributed by atoms with Crippen molar-refractivity contribution in [3.63, 3.8) is 0 Å². The van der Waals surface area contributed by atoms with Crippen molar-refractivity contribution >= 4 is 11.9 Å². The highest BCUT2D eigenvalue weighted by Crippen LogP contribution is 2.15. The van der Waals surface area contributed by atoms with Crippen LogP contribution in [0.3, 0.4) is 0 Å². The van der Waals surface area contributed by atoms with Gasteiger partial charge in [-0.1, -0.05) is 18.2 Å². The van der Waals surface area contributed by atoms with E-state index >= 15 is 0 Å². The molecule has 1 N–H and O–H groups in total. The number of hydrogen-bond acceptors (Lipinski definition) is 3. The van der Waals surface area contributed by atoms with Gasteiger partial charge in [-0.3, -0.25) is 9.69 Å². The molecule has 5 nitrogen and oxygen atoms in total. The van der Waals surface area contributed by atoms with E-state index in [1.54, 1.807) is 42.2 Å². The van der Waals surface area contributed by atoms with Crippen molar-refractivity contribution in [2.45, 2.75) is 13.5 Å². The SMILES string of the molecule is Cc1ccc(C(=O)N2CCN(Cc3cccc(C(=O)O)c3)CC2)cc1F. The fraction of sp³-hybridized carbons (Fsp3) is 0.300. The molecular weight excluding hydrogens is 335 g/mol. The van der Waals surface area contributed by atoms with Crippen LogP contribution in [0.5, 0.6) is 0 Å². The number of aryl methyl sites for hydroxylation is 1. The van der Waals surface area contributed by atoms with Gasteiger partial charge in [-0.15, -0.1) is 0 Å². The summed E-state index contributed by atoms with van der Waals surface area (Å²) in [5.41, 5.74) is 2.11. The van der Waals surface area contributed by atoms with Crippen LogP contribution in [0.25, 0.3) is 0 Å². The number of nitrogens with zero attached hydrogens (tertiary/aromatic N) is 2. The second-order valence-corrected chi connectivity index (χ2v) is 6.54. The zero-order valence-electron chi connectivity index (χ0n) is 14.6. The second kappa shape index (κ2) is 7.66. The predicted molar refractivity (Wildman–Crippen MR) is 95.7 cm³/mol. The molecule has 136 valence electrons. The lowest BCUT2D eigenvalue weighted by Gasteiger charge is -2.34. The molecule has 0 aromatic heterocycles. The van der Waals surface area contributed by atoms with E-state index in [0.717, 1.165) is 5.56 Å². The van der Waals surface area contributed by atoms with Crippen LogP contribution < -0.4 is 0 Å². The molecule has 2 aromatic carbocycles. The van der Waals surface area contributed by atoms with Gasteiger partial charge in [0, 0.05) is 38.3 Å². The number of carbonyl (C=O) groups excluding carboxylic acids is 1. The maximum atomic E-state index is 13.7. The van der Waals surface area contributed by atoms with Crippen LogP contribution in [0, 0.1) is 12.7 Å². The van der Waals surface area contributed by atoms with E-state index < -0.39 is 5.97 Å². The molecule has 0 aliphatic carbocycles. The molecule has 0 atom stereocenters. The zero-order valence-corrected chi connectivity index (χ0v) is 14.6. The molecule has 1 aliphatic rings. The van der Waals surface area contributed by atoms with Gasteiger partial charge in [0.25, 0.3) is 5.91 Å². The Morgan fingerprint density at radius 2 is 1.77 bits per heavy atom. The summed E-state index contributed by atoms with van der Waals surface area (Å²) < 4.78 is 13.7. The first kappa shape index (κ1) is 18.1. The van der Waals surface area contributed by atoms with Gasteiger partial charge in [-0.2, -0.15) is 0 Å². The highest BCUT2D eigenvalue weighted by Gasteiger charge is 2.22. The predicted octanol–water partition coefficient (Wildman–Crippen LogP) is 2.79. The van der Waals surface area contributed by atoms with Crippen LogP contribution in [0.2, 0.25) is 0 Å². The number of amides is 1. The fourth-order valence-electron chi connectivity index (χ4n) is 3.08. The van der Waals surface area contributed by atoms with Crippen LogP contribution in [-0.4, -0.2) is 53.0 Å². The molecule has 1 saturated heterocycles. The van der Waals surface area contributed by atoms with Crippen molar-refractivity contribution in [1.82, 2.24) is 9.80 Å². The van der Waals surface area contributed by atoms with Crippen molar-refractivity contribution in [2.24, 2.45) is 0 Å². The average molecular weight is 356 g/mol. The van der Waals surface area contributed by atoms with Crippen LogP contribution in [0.4, 0.5) is 4.39 Å². The minimum absolute atomic E-state index is 0.156. The van der Waals surface area contributed by atoms with E-state index in [1.807, 2.05) is 6.07 Å². The molecule has 3 rings (SSSR count). The van der Waals surface area contributed by atoms with Gasteiger partial charge in [0.2, 0.25) is 0 Å². The fourth-order valence-corrected chi connectivity index (χ4v) is 3.08. The number of rotatable bonds is 4. The standard InChI is InChI=1S/C20H21FN2O3/c1-14-5-6-16(12-18(14)21)19(24)23-9-7-22(8-10-23)13-15-3-2-4-17(11-15)20(25)26/h2-6,11-12H,7-10,13H2,1H3,(H,25,26). The molecule has 1 heterocycles. The highest BCUT2D eigenvalue weighted by atomic mass is 19.1. The van der Waals surface area contributed by atoms with Gasteiger partial charge in [-0.25, -0.2) is 9.18 Å². The van der Waals surface area contributed by atoms with E-state index in [-0.39, 0.29) is 17.3 Å². The van der Waals surface area contributed by atoms with Gasteiger partial charge >= 0.3 is 5.97 Å². The quantitative estimate of drug-likeness (QED) is 0.915. The molecule has 26 heavy (non-hydrogen) atoms. The van der Waals surface area contributed by atoms with Crippen LogP contribution in [-0.2, 0) is 6.54 Å². The molecule has 2 aromatic rings. The Labute approximate surface area is 151 Å². The number of aromatic carboxylic acids is 1. The third-order valence-corrected chi connectivity index (χ3v) is 4.66. The first-order chi connectivity index (χ1) is 12.4. The number of carbonyl (C=O) groups is 2. The van der Waals surface area contributed by atoms with Gasteiger partial charge in [0.15, 0.2) is 0 Å². The summed E-state index contributed by atoms with van der Waals surface area (Å²) in [6.07, 6.45) is 0. The Hall–Kier alpha value is -2.73. The van der Waals surface area contributed by atoms with Gasteiger partial charge < -0.3 is 10.0 Å². The average Bonchev–Trinajstić information content (AvgIpc) is 2.64.